The minimum absolute atomic E-state index is 0.742. The first kappa shape index (κ1) is 11.9. The Hall–Kier alpha value is -1.16. The molecule has 1 aromatic heterocycles. The Morgan fingerprint density at radius 2 is 1.93 bits per heavy atom. The molecule has 2 N–H and O–H groups in total. The van der Waals surface area contributed by atoms with E-state index >= 15 is 0 Å². The normalized spacial score (nSPS) is 9.67. The first-order valence-electron chi connectivity index (χ1n) is 5.23. The third-order valence-corrected chi connectivity index (χ3v) is 2.27. The average Bonchev–Trinajstić information content (AvgIpc) is 2.28. The van der Waals surface area contributed by atoms with Gasteiger partial charge in [-0.1, -0.05) is 6.92 Å². The molecule has 0 aliphatic rings. The highest BCUT2D eigenvalue weighted by atomic mass is 32.1. The third-order valence-electron chi connectivity index (χ3n) is 1.98. The molecule has 82 valence electrons. The molecular weight excluding hydrogens is 206 g/mol. The van der Waals surface area contributed by atoms with Gasteiger partial charge < -0.3 is 10.6 Å². The fourth-order valence-corrected chi connectivity index (χ4v) is 1.37. The summed E-state index contributed by atoms with van der Waals surface area (Å²) in [5.74, 6) is 0. The number of aromatic nitrogens is 1. The zero-order chi connectivity index (χ0) is 10.9. The molecule has 0 bridgehead atoms. The summed E-state index contributed by atoms with van der Waals surface area (Å²) in [7, 11) is 0. The molecule has 1 aromatic rings. The maximum absolute atomic E-state index is 5.10. The zero-order valence-electron chi connectivity index (χ0n) is 8.99. The molecule has 0 atom stereocenters. The van der Waals surface area contributed by atoms with Gasteiger partial charge in [0.15, 0.2) is 5.11 Å². The predicted molar refractivity (Wildman–Crippen MR) is 66.8 cm³/mol. The van der Waals surface area contributed by atoms with Gasteiger partial charge in [-0.05, 0) is 42.8 Å². The fourth-order valence-electron chi connectivity index (χ4n) is 1.17. The Morgan fingerprint density at radius 1 is 1.27 bits per heavy atom. The van der Waals surface area contributed by atoms with Crippen LogP contribution in [0.4, 0.5) is 0 Å². The van der Waals surface area contributed by atoms with Gasteiger partial charge in [-0.2, -0.15) is 0 Å². The van der Waals surface area contributed by atoms with Crippen molar-refractivity contribution in [2.75, 3.05) is 13.1 Å². The summed E-state index contributed by atoms with van der Waals surface area (Å²) in [6.07, 6.45) is 5.68. The van der Waals surface area contributed by atoms with Crippen molar-refractivity contribution in [2.45, 2.75) is 19.8 Å². The number of rotatable bonds is 5. The standard InChI is InChI=1S/C11H17N3S/c1-2-6-13-11(15)14-9-5-10-3-7-12-8-4-10/h3-4,7-8H,2,5-6,9H2,1H3,(H2,13,14,15). The van der Waals surface area contributed by atoms with E-state index in [-0.39, 0.29) is 0 Å². The van der Waals surface area contributed by atoms with Crippen LogP contribution in [0, 0.1) is 0 Å². The van der Waals surface area contributed by atoms with Crippen molar-refractivity contribution in [2.24, 2.45) is 0 Å². The maximum atomic E-state index is 5.10. The number of hydrogen-bond acceptors (Lipinski definition) is 2. The van der Waals surface area contributed by atoms with Crippen LogP contribution in [0.2, 0.25) is 0 Å². The van der Waals surface area contributed by atoms with Crippen molar-refractivity contribution in [3.63, 3.8) is 0 Å². The van der Waals surface area contributed by atoms with Crippen LogP contribution >= 0.6 is 12.2 Å². The van der Waals surface area contributed by atoms with Gasteiger partial charge in [0.1, 0.15) is 0 Å². The molecule has 3 nitrogen and oxygen atoms in total. The van der Waals surface area contributed by atoms with Crippen LogP contribution in [0.15, 0.2) is 24.5 Å². The second kappa shape index (κ2) is 7.17. The summed E-state index contributed by atoms with van der Waals surface area (Å²) in [6.45, 7) is 3.91. The lowest BCUT2D eigenvalue weighted by Crippen LogP contribution is -2.36. The van der Waals surface area contributed by atoms with Crippen molar-refractivity contribution >= 4 is 17.3 Å². The molecule has 0 aliphatic carbocycles. The highest BCUT2D eigenvalue weighted by molar-refractivity contribution is 7.80. The van der Waals surface area contributed by atoms with Crippen molar-refractivity contribution in [1.29, 1.82) is 0 Å². The van der Waals surface area contributed by atoms with Crippen LogP contribution in [0.5, 0.6) is 0 Å². The van der Waals surface area contributed by atoms with Crippen LogP contribution in [0.3, 0.4) is 0 Å². The maximum Gasteiger partial charge on any atom is 0.166 e. The van der Waals surface area contributed by atoms with Crippen molar-refractivity contribution in [3.05, 3.63) is 30.1 Å². The molecule has 0 amide bonds. The summed E-state index contributed by atoms with van der Waals surface area (Å²) >= 11 is 5.10. The van der Waals surface area contributed by atoms with Gasteiger partial charge in [-0.3, -0.25) is 4.98 Å². The molecule has 15 heavy (non-hydrogen) atoms. The molecule has 0 radical (unpaired) electrons. The minimum Gasteiger partial charge on any atom is -0.363 e. The highest BCUT2D eigenvalue weighted by Gasteiger charge is 1.94. The number of pyridine rings is 1. The van der Waals surface area contributed by atoms with Crippen LogP contribution in [-0.2, 0) is 6.42 Å². The van der Waals surface area contributed by atoms with E-state index in [0.717, 1.165) is 31.0 Å². The minimum atomic E-state index is 0.742. The summed E-state index contributed by atoms with van der Waals surface area (Å²) in [5.41, 5.74) is 1.27. The topological polar surface area (TPSA) is 37.0 Å². The highest BCUT2D eigenvalue weighted by Crippen LogP contribution is 1.95. The Bertz CT molecular complexity index is 287. The van der Waals surface area contributed by atoms with E-state index in [1.807, 2.05) is 24.5 Å². The van der Waals surface area contributed by atoms with E-state index in [2.05, 4.69) is 22.5 Å². The van der Waals surface area contributed by atoms with Crippen LogP contribution < -0.4 is 10.6 Å². The lowest BCUT2D eigenvalue weighted by atomic mass is 10.2. The summed E-state index contributed by atoms with van der Waals surface area (Å²) in [4.78, 5) is 3.97. The molecule has 0 saturated heterocycles. The van der Waals surface area contributed by atoms with Gasteiger partial charge in [0.2, 0.25) is 0 Å². The van der Waals surface area contributed by atoms with E-state index < -0.39 is 0 Å². The summed E-state index contributed by atoms with van der Waals surface area (Å²) < 4.78 is 0. The van der Waals surface area contributed by atoms with E-state index in [1.165, 1.54) is 5.56 Å². The first-order valence-corrected chi connectivity index (χ1v) is 5.64. The van der Waals surface area contributed by atoms with Gasteiger partial charge in [-0.15, -0.1) is 0 Å². The molecule has 0 aliphatic heterocycles. The van der Waals surface area contributed by atoms with E-state index in [0.29, 0.717) is 0 Å². The second-order valence-corrected chi connectivity index (χ2v) is 3.70. The number of nitrogens with one attached hydrogen (secondary N) is 2. The van der Waals surface area contributed by atoms with Crippen molar-refractivity contribution in [1.82, 2.24) is 15.6 Å². The number of hydrogen-bond donors (Lipinski definition) is 2. The van der Waals surface area contributed by atoms with E-state index in [1.54, 1.807) is 0 Å². The SMILES string of the molecule is CCCNC(=S)NCCc1ccncc1. The van der Waals surface area contributed by atoms with Gasteiger partial charge in [0, 0.05) is 25.5 Å². The average molecular weight is 223 g/mol. The largest absolute Gasteiger partial charge is 0.363 e. The molecule has 1 rings (SSSR count). The van der Waals surface area contributed by atoms with Crippen LogP contribution in [-0.4, -0.2) is 23.2 Å². The second-order valence-electron chi connectivity index (χ2n) is 3.29. The first-order chi connectivity index (χ1) is 7.33. The molecule has 0 saturated carbocycles. The summed E-state index contributed by atoms with van der Waals surface area (Å²) in [6, 6.07) is 4.04. The van der Waals surface area contributed by atoms with Crippen molar-refractivity contribution in [3.8, 4) is 0 Å². The number of nitrogens with zero attached hydrogens (tertiary/aromatic N) is 1. The molecule has 1 heterocycles. The third kappa shape index (κ3) is 5.32. The molecule has 0 spiro atoms. The van der Waals surface area contributed by atoms with E-state index in [9.17, 15) is 0 Å². The summed E-state index contributed by atoms with van der Waals surface area (Å²) in [5, 5.41) is 7.03. The quantitative estimate of drug-likeness (QED) is 0.742. The van der Waals surface area contributed by atoms with Crippen LogP contribution in [0.25, 0.3) is 0 Å². The monoisotopic (exact) mass is 223 g/mol. The Balaban J connectivity index is 2.14. The van der Waals surface area contributed by atoms with E-state index in [4.69, 9.17) is 12.2 Å². The van der Waals surface area contributed by atoms with Gasteiger partial charge in [0.25, 0.3) is 0 Å². The Kier molecular flexibility index (Phi) is 5.70. The molecule has 4 heteroatoms. The Morgan fingerprint density at radius 3 is 2.60 bits per heavy atom. The van der Waals surface area contributed by atoms with Gasteiger partial charge in [0.05, 0.1) is 0 Å². The molecule has 0 aromatic carbocycles. The Labute approximate surface area is 96.3 Å². The van der Waals surface area contributed by atoms with Crippen molar-refractivity contribution < 1.29 is 0 Å². The van der Waals surface area contributed by atoms with Gasteiger partial charge >= 0.3 is 0 Å². The van der Waals surface area contributed by atoms with Gasteiger partial charge in [-0.25, -0.2) is 0 Å². The molecule has 0 unspecified atom stereocenters. The molecular formula is C11H17N3S. The molecule has 0 fully saturated rings. The predicted octanol–water partition coefficient (Wildman–Crippen LogP) is 1.50. The van der Waals surface area contributed by atoms with Crippen LogP contribution in [0.1, 0.15) is 18.9 Å². The lowest BCUT2D eigenvalue weighted by molar-refractivity contribution is 0.790. The number of thiocarbonyl (C=S) groups is 1. The smallest absolute Gasteiger partial charge is 0.166 e. The zero-order valence-corrected chi connectivity index (χ0v) is 9.81. The lowest BCUT2D eigenvalue weighted by Gasteiger charge is -2.09. The fraction of sp³-hybridized carbons (Fsp3) is 0.455.